The van der Waals surface area contributed by atoms with Crippen LogP contribution < -0.4 is 0 Å². The average molecular weight is 170 g/mol. The molecule has 0 heterocycles. The molecule has 0 unspecified atom stereocenters. The van der Waals surface area contributed by atoms with Gasteiger partial charge in [-0.3, -0.25) is 0 Å². The smallest absolute Gasteiger partial charge is 0.0443 e. The van der Waals surface area contributed by atoms with Gasteiger partial charge in [-0.1, -0.05) is 60.3 Å². The SMILES string of the molecule is CC(C)CCC(C)CCC(C)C. The largest absolute Gasteiger partial charge is 0.0628 e. The topological polar surface area (TPSA) is 0 Å². The van der Waals surface area contributed by atoms with E-state index in [0.29, 0.717) is 0 Å². The highest BCUT2D eigenvalue weighted by Crippen LogP contribution is 2.18. The molecule has 0 atom stereocenters. The minimum Gasteiger partial charge on any atom is -0.0628 e. The summed E-state index contributed by atoms with van der Waals surface area (Å²) in [5.41, 5.74) is 0. The highest BCUT2D eigenvalue weighted by molar-refractivity contribution is 4.57. The quantitative estimate of drug-likeness (QED) is 0.551. The number of hydrogen-bond donors (Lipinski definition) is 0. The standard InChI is InChI=1S/C12H26/c1-10(2)6-8-12(5)9-7-11(3)4/h10-12H,6-9H2,1-5H3. The molecule has 0 fully saturated rings. The highest BCUT2D eigenvalue weighted by Gasteiger charge is 2.04. The highest BCUT2D eigenvalue weighted by atomic mass is 14.1. The molecule has 0 rings (SSSR count). The molecular formula is C12H26. The minimum absolute atomic E-state index is 0.881. The maximum absolute atomic E-state index is 2.39. The summed E-state index contributed by atoms with van der Waals surface area (Å²) >= 11 is 0. The lowest BCUT2D eigenvalue weighted by atomic mass is 9.93. The predicted octanol–water partition coefficient (Wildman–Crippen LogP) is 4.49. The third kappa shape index (κ3) is 8.10. The monoisotopic (exact) mass is 170 g/mol. The lowest BCUT2D eigenvalue weighted by molar-refractivity contribution is 0.393. The molecule has 0 heteroatoms. The van der Waals surface area contributed by atoms with Crippen molar-refractivity contribution in [3.63, 3.8) is 0 Å². The summed E-state index contributed by atoms with van der Waals surface area (Å²) in [6.07, 6.45) is 5.65. The Morgan fingerprint density at radius 3 is 1.17 bits per heavy atom. The second-order valence-electron chi connectivity index (χ2n) is 5.05. The molecule has 0 radical (unpaired) electrons. The first kappa shape index (κ1) is 12.0. The molecule has 0 nitrogen and oxygen atoms in total. The zero-order chi connectivity index (χ0) is 9.56. The van der Waals surface area contributed by atoms with Crippen LogP contribution in [0, 0.1) is 17.8 Å². The van der Waals surface area contributed by atoms with Crippen molar-refractivity contribution in [3.05, 3.63) is 0 Å². The lowest BCUT2D eigenvalue weighted by Crippen LogP contribution is -2.00. The summed E-state index contributed by atoms with van der Waals surface area (Å²) in [4.78, 5) is 0. The maximum Gasteiger partial charge on any atom is -0.0443 e. The van der Waals surface area contributed by atoms with Gasteiger partial charge in [0.05, 0.1) is 0 Å². The van der Waals surface area contributed by atoms with Crippen molar-refractivity contribution in [2.45, 2.75) is 60.3 Å². The molecule has 0 aromatic heterocycles. The molecule has 0 spiro atoms. The Labute approximate surface area is 78.8 Å². The predicted molar refractivity (Wildman–Crippen MR) is 57.3 cm³/mol. The van der Waals surface area contributed by atoms with Gasteiger partial charge in [0, 0.05) is 0 Å². The molecule has 12 heavy (non-hydrogen) atoms. The molecule has 0 N–H and O–H groups in total. The van der Waals surface area contributed by atoms with Crippen LogP contribution in [0.1, 0.15) is 60.3 Å². The normalized spacial score (nSPS) is 12.0. The van der Waals surface area contributed by atoms with E-state index in [0.717, 1.165) is 17.8 Å². The van der Waals surface area contributed by atoms with Gasteiger partial charge in [-0.15, -0.1) is 0 Å². The van der Waals surface area contributed by atoms with E-state index in [-0.39, 0.29) is 0 Å². The minimum atomic E-state index is 0.881. The summed E-state index contributed by atoms with van der Waals surface area (Å²) in [6.45, 7) is 11.7. The van der Waals surface area contributed by atoms with Crippen LogP contribution >= 0.6 is 0 Å². The Hall–Kier alpha value is 0. The fourth-order valence-electron chi connectivity index (χ4n) is 1.38. The van der Waals surface area contributed by atoms with Crippen LogP contribution in [0.25, 0.3) is 0 Å². The first-order chi connectivity index (χ1) is 5.52. The van der Waals surface area contributed by atoms with Gasteiger partial charge in [0.25, 0.3) is 0 Å². The van der Waals surface area contributed by atoms with Gasteiger partial charge in [0.15, 0.2) is 0 Å². The van der Waals surface area contributed by atoms with Crippen molar-refractivity contribution in [3.8, 4) is 0 Å². The van der Waals surface area contributed by atoms with E-state index >= 15 is 0 Å². The fourth-order valence-corrected chi connectivity index (χ4v) is 1.38. The van der Waals surface area contributed by atoms with Crippen LogP contribution in [0.4, 0.5) is 0 Å². The molecule has 0 amide bonds. The van der Waals surface area contributed by atoms with Gasteiger partial charge >= 0.3 is 0 Å². The van der Waals surface area contributed by atoms with Gasteiger partial charge in [0.2, 0.25) is 0 Å². The second kappa shape index (κ2) is 6.51. The van der Waals surface area contributed by atoms with Crippen molar-refractivity contribution >= 4 is 0 Å². The molecule has 0 bridgehead atoms. The van der Waals surface area contributed by atoms with E-state index in [2.05, 4.69) is 34.6 Å². The molecule has 0 saturated carbocycles. The van der Waals surface area contributed by atoms with E-state index in [1.54, 1.807) is 0 Å². The van der Waals surface area contributed by atoms with E-state index in [4.69, 9.17) is 0 Å². The van der Waals surface area contributed by atoms with Gasteiger partial charge in [0.1, 0.15) is 0 Å². The molecule has 0 aliphatic rings. The van der Waals surface area contributed by atoms with Gasteiger partial charge in [-0.25, -0.2) is 0 Å². The Kier molecular flexibility index (Phi) is 6.51. The summed E-state index contributed by atoms with van der Waals surface area (Å²) in [5, 5.41) is 0. The Bertz CT molecular complexity index is 80.2. The van der Waals surface area contributed by atoms with E-state index in [1.165, 1.54) is 25.7 Å². The van der Waals surface area contributed by atoms with Crippen LogP contribution in [-0.2, 0) is 0 Å². The lowest BCUT2D eigenvalue weighted by Gasteiger charge is -2.13. The van der Waals surface area contributed by atoms with E-state index in [9.17, 15) is 0 Å². The van der Waals surface area contributed by atoms with E-state index in [1.807, 2.05) is 0 Å². The first-order valence-corrected chi connectivity index (χ1v) is 5.52. The van der Waals surface area contributed by atoms with Crippen molar-refractivity contribution in [1.82, 2.24) is 0 Å². The zero-order valence-corrected chi connectivity index (χ0v) is 9.56. The van der Waals surface area contributed by atoms with Crippen LogP contribution in [-0.4, -0.2) is 0 Å². The molecule has 0 saturated heterocycles. The first-order valence-electron chi connectivity index (χ1n) is 5.52. The molecular weight excluding hydrogens is 144 g/mol. The zero-order valence-electron chi connectivity index (χ0n) is 9.56. The number of rotatable bonds is 6. The van der Waals surface area contributed by atoms with Crippen LogP contribution in [0.3, 0.4) is 0 Å². The Balaban J connectivity index is 3.27. The maximum atomic E-state index is 2.39. The summed E-state index contributed by atoms with van der Waals surface area (Å²) in [5.74, 6) is 2.70. The summed E-state index contributed by atoms with van der Waals surface area (Å²) in [7, 11) is 0. The van der Waals surface area contributed by atoms with Crippen LogP contribution in [0.15, 0.2) is 0 Å². The van der Waals surface area contributed by atoms with Gasteiger partial charge in [-0.05, 0) is 17.8 Å². The second-order valence-corrected chi connectivity index (χ2v) is 5.05. The molecule has 0 aromatic carbocycles. The average Bonchev–Trinajstić information content (AvgIpc) is 1.96. The molecule has 74 valence electrons. The van der Waals surface area contributed by atoms with Crippen molar-refractivity contribution in [2.24, 2.45) is 17.8 Å². The fraction of sp³-hybridized carbons (Fsp3) is 1.00. The van der Waals surface area contributed by atoms with E-state index < -0.39 is 0 Å². The van der Waals surface area contributed by atoms with Crippen LogP contribution in [0.2, 0.25) is 0 Å². The van der Waals surface area contributed by atoms with Gasteiger partial charge < -0.3 is 0 Å². The Morgan fingerprint density at radius 2 is 0.917 bits per heavy atom. The van der Waals surface area contributed by atoms with Crippen molar-refractivity contribution in [1.29, 1.82) is 0 Å². The number of hydrogen-bond acceptors (Lipinski definition) is 0. The molecule has 0 aromatic rings. The van der Waals surface area contributed by atoms with Crippen LogP contribution in [0.5, 0.6) is 0 Å². The summed E-state index contributed by atoms with van der Waals surface area (Å²) < 4.78 is 0. The molecule has 0 aliphatic heterocycles. The van der Waals surface area contributed by atoms with Crippen molar-refractivity contribution < 1.29 is 0 Å². The Morgan fingerprint density at radius 1 is 0.583 bits per heavy atom. The molecule has 0 aliphatic carbocycles. The van der Waals surface area contributed by atoms with Gasteiger partial charge in [-0.2, -0.15) is 0 Å². The third-order valence-electron chi connectivity index (χ3n) is 2.47. The third-order valence-corrected chi connectivity index (χ3v) is 2.47. The summed E-state index contributed by atoms with van der Waals surface area (Å²) in [6, 6.07) is 0. The van der Waals surface area contributed by atoms with Crippen molar-refractivity contribution in [2.75, 3.05) is 0 Å².